The van der Waals surface area contributed by atoms with Crippen molar-refractivity contribution in [2.45, 2.75) is 0 Å². The molecule has 7 heteroatoms. The van der Waals surface area contributed by atoms with Gasteiger partial charge in [-0.2, -0.15) is 0 Å². The number of pyridine rings is 1. The number of rotatable bonds is 2. The molecule has 21 heavy (non-hydrogen) atoms. The van der Waals surface area contributed by atoms with Gasteiger partial charge < -0.3 is 15.4 Å². The molecule has 0 radical (unpaired) electrons. The van der Waals surface area contributed by atoms with Gasteiger partial charge in [-0.3, -0.25) is 14.6 Å². The second kappa shape index (κ2) is 5.20. The smallest absolute Gasteiger partial charge is 0.262 e. The van der Waals surface area contributed by atoms with Crippen molar-refractivity contribution in [2.75, 3.05) is 17.2 Å². The van der Waals surface area contributed by atoms with Crippen LogP contribution in [0.4, 0.5) is 15.8 Å². The number of nitrogens with zero attached hydrogens (tertiary/aromatic N) is 1. The lowest BCUT2D eigenvalue weighted by Crippen LogP contribution is -2.26. The Bertz CT molecular complexity index is 719. The summed E-state index contributed by atoms with van der Waals surface area (Å²) in [5, 5.41) is 5.05. The highest BCUT2D eigenvalue weighted by Crippen LogP contribution is 2.36. The molecule has 0 spiro atoms. The summed E-state index contributed by atoms with van der Waals surface area (Å²) in [7, 11) is 0. The van der Waals surface area contributed by atoms with Crippen LogP contribution in [0.25, 0.3) is 0 Å². The van der Waals surface area contributed by atoms with Gasteiger partial charge in [-0.1, -0.05) is 0 Å². The van der Waals surface area contributed by atoms with Crippen molar-refractivity contribution < 1.29 is 18.7 Å². The highest BCUT2D eigenvalue weighted by atomic mass is 19.1. The van der Waals surface area contributed by atoms with E-state index in [4.69, 9.17) is 4.74 Å². The van der Waals surface area contributed by atoms with Crippen LogP contribution >= 0.6 is 0 Å². The summed E-state index contributed by atoms with van der Waals surface area (Å²) in [6.07, 6.45) is 2.96. The summed E-state index contributed by atoms with van der Waals surface area (Å²) in [6, 6.07) is 5.33. The van der Waals surface area contributed by atoms with Gasteiger partial charge in [0.15, 0.2) is 12.4 Å². The van der Waals surface area contributed by atoms with E-state index in [-0.39, 0.29) is 29.6 Å². The molecular weight excluding hydrogens is 277 g/mol. The highest BCUT2D eigenvalue weighted by molar-refractivity contribution is 6.06. The van der Waals surface area contributed by atoms with E-state index in [2.05, 4.69) is 15.6 Å². The Hall–Kier alpha value is -2.96. The molecule has 0 saturated heterocycles. The van der Waals surface area contributed by atoms with Gasteiger partial charge >= 0.3 is 0 Å². The minimum Gasteiger partial charge on any atom is -0.479 e. The molecule has 0 fully saturated rings. The lowest BCUT2D eigenvalue weighted by Gasteiger charge is -2.21. The Morgan fingerprint density at radius 1 is 1.33 bits per heavy atom. The summed E-state index contributed by atoms with van der Waals surface area (Å²) >= 11 is 0. The van der Waals surface area contributed by atoms with E-state index >= 15 is 0 Å². The predicted octanol–water partition coefficient (Wildman–Crippen LogP) is 1.80. The van der Waals surface area contributed by atoms with Crippen LogP contribution in [-0.4, -0.2) is 23.4 Å². The average Bonchev–Trinajstić information content (AvgIpc) is 2.47. The number of carbonyl (C=O) groups is 2. The molecule has 1 aromatic heterocycles. The van der Waals surface area contributed by atoms with Crippen LogP contribution in [0.1, 0.15) is 10.4 Å². The van der Waals surface area contributed by atoms with Crippen molar-refractivity contribution in [3.05, 3.63) is 48.0 Å². The fourth-order valence-electron chi connectivity index (χ4n) is 1.96. The number of aromatic nitrogens is 1. The highest BCUT2D eigenvalue weighted by Gasteiger charge is 2.22. The van der Waals surface area contributed by atoms with E-state index in [1.165, 1.54) is 24.5 Å². The molecule has 0 unspecified atom stereocenters. The van der Waals surface area contributed by atoms with Gasteiger partial charge in [0.25, 0.3) is 11.8 Å². The fraction of sp³-hybridized carbons (Fsp3) is 0.0714. The van der Waals surface area contributed by atoms with Crippen molar-refractivity contribution in [1.29, 1.82) is 0 Å². The van der Waals surface area contributed by atoms with Gasteiger partial charge in [0.1, 0.15) is 5.82 Å². The van der Waals surface area contributed by atoms with E-state index < -0.39 is 11.7 Å². The first-order chi connectivity index (χ1) is 10.1. The number of fused-ring (bicyclic) bond motifs is 1. The van der Waals surface area contributed by atoms with Gasteiger partial charge in [0, 0.05) is 30.1 Å². The summed E-state index contributed by atoms with van der Waals surface area (Å²) in [4.78, 5) is 27.1. The van der Waals surface area contributed by atoms with E-state index in [1.807, 2.05) is 0 Å². The zero-order valence-electron chi connectivity index (χ0n) is 10.7. The molecule has 1 aliphatic rings. The van der Waals surface area contributed by atoms with Gasteiger partial charge in [0.05, 0.1) is 11.4 Å². The summed E-state index contributed by atoms with van der Waals surface area (Å²) in [6.45, 7) is -0.184. The topological polar surface area (TPSA) is 80.3 Å². The fourth-order valence-corrected chi connectivity index (χ4v) is 1.96. The zero-order valence-corrected chi connectivity index (χ0v) is 10.7. The lowest BCUT2D eigenvalue weighted by atomic mass is 10.2. The first-order valence-electron chi connectivity index (χ1n) is 6.11. The third kappa shape index (κ3) is 2.66. The molecule has 2 amide bonds. The third-order valence-corrected chi connectivity index (χ3v) is 2.87. The van der Waals surface area contributed by atoms with Crippen molar-refractivity contribution in [1.82, 2.24) is 4.98 Å². The minimum atomic E-state index is -0.593. The Balaban J connectivity index is 1.92. The van der Waals surface area contributed by atoms with Crippen LogP contribution in [-0.2, 0) is 4.79 Å². The molecule has 0 aliphatic carbocycles. The van der Waals surface area contributed by atoms with E-state index in [9.17, 15) is 14.0 Å². The molecule has 2 N–H and O–H groups in total. The molecule has 1 aliphatic heterocycles. The number of halogens is 1. The molecule has 0 atom stereocenters. The molecule has 0 saturated carbocycles. The predicted molar refractivity (Wildman–Crippen MR) is 72.7 cm³/mol. The standard InChI is InChI=1S/C14H10FN3O3/c15-9-5-10-13(21-7-12(19)17-10)11(6-9)18-14(20)8-1-3-16-4-2-8/h1-6H,7H2,(H,17,19)(H,18,20). The first kappa shape index (κ1) is 13.0. The number of anilines is 2. The van der Waals surface area contributed by atoms with Crippen LogP contribution in [0.15, 0.2) is 36.7 Å². The number of carbonyl (C=O) groups excluding carboxylic acids is 2. The maximum atomic E-state index is 13.6. The molecule has 3 rings (SSSR count). The number of ether oxygens (including phenoxy) is 1. The summed E-state index contributed by atoms with van der Waals surface area (Å²) < 4.78 is 18.8. The van der Waals surface area contributed by atoms with E-state index in [0.29, 0.717) is 5.56 Å². The molecule has 1 aromatic carbocycles. The minimum absolute atomic E-state index is 0.159. The number of amides is 2. The molecule has 6 nitrogen and oxygen atoms in total. The number of hydrogen-bond acceptors (Lipinski definition) is 4. The van der Waals surface area contributed by atoms with Crippen LogP contribution in [0.2, 0.25) is 0 Å². The van der Waals surface area contributed by atoms with Crippen molar-refractivity contribution >= 4 is 23.2 Å². The van der Waals surface area contributed by atoms with E-state index in [0.717, 1.165) is 12.1 Å². The summed E-state index contributed by atoms with van der Waals surface area (Å²) in [5.41, 5.74) is 0.728. The van der Waals surface area contributed by atoms with Gasteiger partial charge in [0.2, 0.25) is 0 Å². The monoisotopic (exact) mass is 287 g/mol. The molecule has 2 aromatic rings. The largest absolute Gasteiger partial charge is 0.479 e. The Morgan fingerprint density at radius 3 is 2.86 bits per heavy atom. The van der Waals surface area contributed by atoms with Gasteiger partial charge in [-0.05, 0) is 12.1 Å². The maximum Gasteiger partial charge on any atom is 0.262 e. The van der Waals surface area contributed by atoms with Crippen LogP contribution in [0, 0.1) is 5.82 Å². The van der Waals surface area contributed by atoms with E-state index in [1.54, 1.807) is 0 Å². The second-order valence-electron chi connectivity index (χ2n) is 4.36. The lowest BCUT2D eigenvalue weighted by molar-refractivity contribution is -0.118. The molecule has 2 heterocycles. The quantitative estimate of drug-likeness (QED) is 0.882. The second-order valence-corrected chi connectivity index (χ2v) is 4.36. The van der Waals surface area contributed by atoms with Crippen LogP contribution in [0.3, 0.4) is 0 Å². The maximum absolute atomic E-state index is 13.6. The van der Waals surface area contributed by atoms with Gasteiger partial charge in [-0.25, -0.2) is 4.39 Å². The first-order valence-corrected chi connectivity index (χ1v) is 6.11. The van der Waals surface area contributed by atoms with Crippen LogP contribution < -0.4 is 15.4 Å². The number of nitrogens with one attached hydrogen (secondary N) is 2. The van der Waals surface area contributed by atoms with Crippen molar-refractivity contribution in [2.24, 2.45) is 0 Å². The van der Waals surface area contributed by atoms with Crippen LogP contribution in [0.5, 0.6) is 5.75 Å². The number of benzene rings is 1. The van der Waals surface area contributed by atoms with Crippen molar-refractivity contribution in [3.63, 3.8) is 0 Å². The Morgan fingerprint density at radius 2 is 2.10 bits per heavy atom. The van der Waals surface area contributed by atoms with Gasteiger partial charge in [-0.15, -0.1) is 0 Å². The molecular formula is C14H10FN3O3. The normalized spacial score (nSPS) is 12.9. The van der Waals surface area contributed by atoms with Crippen molar-refractivity contribution in [3.8, 4) is 5.75 Å². The molecule has 0 bridgehead atoms. The third-order valence-electron chi connectivity index (χ3n) is 2.87. The molecule has 106 valence electrons. The Kier molecular flexibility index (Phi) is 3.23. The Labute approximate surface area is 118 Å². The zero-order chi connectivity index (χ0) is 14.8. The summed E-state index contributed by atoms with van der Waals surface area (Å²) in [5.74, 6) is -1.16. The SMILES string of the molecule is O=C1COc2c(cc(F)cc2NC(=O)c2ccncc2)N1. The average molecular weight is 287 g/mol. The number of hydrogen-bond donors (Lipinski definition) is 2.